The summed E-state index contributed by atoms with van der Waals surface area (Å²) in [5, 5.41) is 15.5. The second kappa shape index (κ2) is 8.10. The number of rotatable bonds is 4. The standard InChI is InChI=1S/C21H20N6O2/c22-9-10-23-20(28)17-8-7-15(13-24-17)18-5-4-6-19-16(14-25-27(18)19)21(29)26-11-2-1-3-12-26/h4-8,13-14H,1-3,10-12H2,(H,23,28). The summed E-state index contributed by atoms with van der Waals surface area (Å²) in [5.74, 6) is -0.385. The summed E-state index contributed by atoms with van der Waals surface area (Å²) in [4.78, 5) is 30.9. The van der Waals surface area contributed by atoms with Crippen molar-refractivity contribution in [2.75, 3.05) is 19.6 Å². The van der Waals surface area contributed by atoms with Crippen molar-refractivity contribution in [2.45, 2.75) is 19.3 Å². The predicted molar refractivity (Wildman–Crippen MR) is 106 cm³/mol. The van der Waals surface area contributed by atoms with Crippen LogP contribution in [0.5, 0.6) is 0 Å². The van der Waals surface area contributed by atoms with Gasteiger partial charge in [0.25, 0.3) is 11.8 Å². The van der Waals surface area contributed by atoms with Gasteiger partial charge in [-0.3, -0.25) is 14.6 Å². The maximum absolute atomic E-state index is 12.9. The molecule has 1 saturated heterocycles. The topological polar surface area (TPSA) is 103 Å². The Morgan fingerprint density at radius 1 is 1.10 bits per heavy atom. The number of amides is 2. The van der Waals surface area contributed by atoms with Crippen LogP contribution < -0.4 is 5.32 Å². The van der Waals surface area contributed by atoms with Crippen molar-refractivity contribution in [3.63, 3.8) is 0 Å². The Morgan fingerprint density at radius 2 is 1.93 bits per heavy atom. The normalized spacial score (nSPS) is 13.8. The second-order valence-corrected chi connectivity index (χ2v) is 6.89. The minimum Gasteiger partial charge on any atom is -0.339 e. The first-order valence-corrected chi connectivity index (χ1v) is 9.56. The molecule has 3 aromatic rings. The summed E-state index contributed by atoms with van der Waals surface area (Å²) in [7, 11) is 0. The van der Waals surface area contributed by atoms with E-state index in [2.05, 4.69) is 15.4 Å². The van der Waals surface area contributed by atoms with Crippen molar-refractivity contribution in [1.82, 2.24) is 24.8 Å². The van der Waals surface area contributed by atoms with Gasteiger partial charge in [0.2, 0.25) is 0 Å². The zero-order valence-electron chi connectivity index (χ0n) is 15.8. The number of nitrogens with zero attached hydrogens (tertiary/aromatic N) is 5. The molecule has 1 fully saturated rings. The summed E-state index contributed by atoms with van der Waals surface area (Å²) >= 11 is 0. The van der Waals surface area contributed by atoms with Gasteiger partial charge in [-0.2, -0.15) is 10.4 Å². The number of nitrogens with one attached hydrogen (secondary N) is 1. The lowest BCUT2D eigenvalue weighted by Crippen LogP contribution is -2.35. The first kappa shape index (κ1) is 18.6. The van der Waals surface area contributed by atoms with Crippen LogP contribution in [0.15, 0.2) is 42.7 Å². The van der Waals surface area contributed by atoms with Gasteiger partial charge < -0.3 is 10.2 Å². The number of likely N-dealkylation sites (tertiary alicyclic amines) is 1. The van der Waals surface area contributed by atoms with E-state index in [1.54, 1.807) is 29.0 Å². The molecule has 0 radical (unpaired) electrons. The van der Waals surface area contributed by atoms with E-state index in [0.29, 0.717) is 5.56 Å². The third-order valence-electron chi connectivity index (χ3n) is 5.04. The molecule has 8 nitrogen and oxygen atoms in total. The third-order valence-corrected chi connectivity index (χ3v) is 5.04. The third kappa shape index (κ3) is 3.67. The van der Waals surface area contributed by atoms with Crippen molar-refractivity contribution in [3.8, 4) is 17.3 Å². The Morgan fingerprint density at radius 3 is 2.66 bits per heavy atom. The molecule has 146 valence electrons. The Hall–Kier alpha value is -3.73. The van der Waals surface area contributed by atoms with Gasteiger partial charge in [0.1, 0.15) is 12.2 Å². The van der Waals surface area contributed by atoms with Crippen LogP contribution in [0.3, 0.4) is 0 Å². The number of carbonyl (C=O) groups excluding carboxylic acids is 2. The Kier molecular flexibility index (Phi) is 5.20. The van der Waals surface area contributed by atoms with Gasteiger partial charge in [0, 0.05) is 24.8 Å². The molecule has 0 bridgehead atoms. The molecule has 4 rings (SSSR count). The lowest BCUT2D eigenvalue weighted by Gasteiger charge is -2.26. The average Bonchev–Trinajstić information content (AvgIpc) is 3.22. The predicted octanol–water partition coefficient (Wildman–Crippen LogP) is 2.28. The monoisotopic (exact) mass is 388 g/mol. The van der Waals surface area contributed by atoms with E-state index in [-0.39, 0.29) is 18.1 Å². The van der Waals surface area contributed by atoms with Crippen molar-refractivity contribution >= 4 is 17.3 Å². The number of hydrogen-bond acceptors (Lipinski definition) is 5. The van der Waals surface area contributed by atoms with E-state index in [9.17, 15) is 9.59 Å². The molecule has 8 heteroatoms. The van der Waals surface area contributed by atoms with Crippen molar-refractivity contribution < 1.29 is 9.59 Å². The zero-order valence-corrected chi connectivity index (χ0v) is 15.8. The maximum Gasteiger partial charge on any atom is 0.270 e. The number of nitriles is 1. The first-order valence-electron chi connectivity index (χ1n) is 9.56. The summed E-state index contributed by atoms with van der Waals surface area (Å²) in [6.45, 7) is 1.51. The van der Waals surface area contributed by atoms with Crippen LogP contribution in [0.2, 0.25) is 0 Å². The minimum absolute atomic E-state index is 0.0134. The van der Waals surface area contributed by atoms with Crippen molar-refractivity contribution in [2.24, 2.45) is 0 Å². The quantitative estimate of drug-likeness (QED) is 0.691. The maximum atomic E-state index is 12.9. The molecular weight excluding hydrogens is 368 g/mol. The van der Waals surface area contributed by atoms with Crippen LogP contribution in [0, 0.1) is 11.3 Å². The van der Waals surface area contributed by atoms with Gasteiger partial charge >= 0.3 is 0 Å². The van der Waals surface area contributed by atoms with E-state index >= 15 is 0 Å². The highest BCUT2D eigenvalue weighted by atomic mass is 16.2. The smallest absolute Gasteiger partial charge is 0.270 e. The fourth-order valence-corrected chi connectivity index (χ4v) is 3.55. The number of pyridine rings is 2. The Labute approximate surface area is 167 Å². The highest BCUT2D eigenvalue weighted by Crippen LogP contribution is 2.23. The zero-order chi connectivity index (χ0) is 20.2. The van der Waals surface area contributed by atoms with Crippen LogP contribution in [0.4, 0.5) is 0 Å². The van der Waals surface area contributed by atoms with Crippen LogP contribution in [0.1, 0.15) is 40.1 Å². The fourth-order valence-electron chi connectivity index (χ4n) is 3.55. The van der Waals surface area contributed by atoms with Gasteiger partial charge in [-0.1, -0.05) is 6.07 Å². The van der Waals surface area contributed by atoms with Crippen molar-refractivity contribution in [1.29, 1.82) is 5.26 Å². The first-order chi connectivity index (χ1) is 14.2. The fraction of sp³-hybridized carbons (Fsp3) is 0.286. The van der Waals surface area contributed by atoms with Gasteiger partial charge in [0.05, 0.1) is 29.0 Å². The van der Waals surface area contributed by atoms with Crippen LogP contribution in [-0.4, -0.2) is 50.9 Å². The van der Waals surface area contributed by atoms with E-state index in [4.69, 9.17) is 5.26 Å². The molecule has 1 aliphatic rings. The van der Waals surface area contributed by atoms with Crippen molar-refractivity contribution in [3.05, 3.63) is 54.0 Å². The molecule has 0 atom stereocenters. The Balaban J connectivity index is 1.64. The number of fused-ring (bicyclic) bond motifs is 1. The lowest BCUT2D eigenvalue weighted by molar-refractivity contribution is 0.0726. The molecule has 1 N–H and O–H groups in total. The van der Waals surface area contributed by atoms with E-state index in [0.717, 1.165) is 42.7 Å². The molecule has 0 spiro atoms. The summed E-state index contributed by atoms with van der Waals surface area (Å²) in [5.41, 5.74) is 3.12. The molecule has 3 aromatic heterocycles. The summed E-state index contributed by atoms with van der Waals surface area (Å²) in [6, 6.07) is 10.9. The van der Waals surface area contributed by atoms with Gasteiger partial charge in [-0.15, -0.1) is 0 Å². The minimum atomic E-state index is -0.398. The van der Waals surface area contributed by atoms with E-state index in [1.165, 1.54) is 6.42 Å². The highest BCUT2D eigenvalue weighted by molar-refractivity contribution is 6.01. The van der Waals surface area contributed by atoms with E-state index < -0.39 is 5.91 Å². The average molecular weight is 388 g/mol. The molecular formula is C21H20N6O2. The molecule has 4 heterocycles. The van der Waals surface area contributed by atoms with Gasteiger partial charge in [-0.05, 0) is 43.5 Å². The number of hydrogen-bond donors (Lipinski definition) is 1. The van der Waals surface area contributed by atoms with E-state index in [1.807, 2.05) is 29.2 Å². The number of piperidine rings is 1. The van der Waals surface area contributed by atoms with Crippen LogP contribution >= 0.6 is 0 Å². The van der Waals surface area contributed by atoms with Crippen LogP contribution in [-0.2, 0) is 0 Å². The summed E-state index contributed by atoms with van der Waals surface area (Å²) < 4.78 is 1.73. The largest absolute Gasteiger partial charge is 0.339 e. The molecule has 1 aliphatic heterocycles. The molecule has 0 unspecified atom stereocenters. The number of aromatic nitrogens is 3. The van der Waals surface area contributed by atoms with Gasteiger partial charge in [-0.25, -0.2) is 4.52 Å². The number of carbonyl (C=O) groups is 2. The SMILES string of the molecule is N#CCNC(=O)c1ccc(-c2cccc3c(C(=O)N4CCCCC4)cnn23)cn1. The summed E-state index contributed by atoms with van der Waals surface area (Å²) in [6.07, 6.45) is 6.45. The molecule has 0 aromatic carbocycles. The molecule has 0 saturated carbocycles. The lowest BCUT2D eigenvalue weighted by atomic mass is 10.1. The van der Waals surface area contributed by atoms with Gasteiger partial charge in [0.15, 0.2) is 0 Å². The second-order valence-electron chi connectivity index (χ2n) is 6.89. The highest BCUT2D eigenvalue weighted by Gasteiger charge is 2.22. The molecule has 29 heavy (non-hydrogen) atoms. The molecule has 0 aliphatic carbocycles. The Bertz CT molecular complexity index is 1090. The van der Waals surface area contributed by atoms with Crippen LogP contribution in [0.25, 0.3) is 16.8 Å². The molecule has 2 amide bonds.